The number of nitrogens with zero attached hydrogens (tertiary/aromatic N) is 1. The minimum absolute atomic E-state index is 0.0453. The molecule has 0 amide bonds. The van der Waals surface area contributed by atoms with E-state index in [4.69, 9.17) is 0 Å². The number of hydrogen-bond acceptors (Lipinski definition) is 4. The van der Waals surface area contributed by atoms with Crippen molar-refractivity contribution in [2.75, 3.05) is 5.32 Å². The second-order valence-electron chi connectivity index (χ2n) is 7.97. The first-order valence-electron chi connectivity index (χ1n) is 8.82. The van der Waals surface area contributed by atoms with Gasteiger partial charge in [-0.3, -0.25) is 14.9 Å². The molecule has 1 heterocycles. The van der Waals surface area contributed by atoms with Crippen molar-refractivity contribution in [1.82, 2.24) is 0 Å². The molecule has 0 aromatic heterocycles. The van der Waals surface area contributed by atoms with Gasteiger partial charge in [-0.05, 0) is 63.8 Å². The number of hydrogen-bond donors (Lipinski definition) is 1. The molecule has 0 saturated carbocycles. The summed E-state index contributed by atoms with van der Waals surface area (Å²) in [5, 5.41) is 14.8. The fraction of sp³-hybridized carbons (Fsp3) is 0.286. The number of carbonyl (C=O) groups excluding carboxylic acids is 1. The highest BCUT2D eigenvalue weighted by molar-refractivity contribution is 14.1. The van der Waals surface area contributed by atoms with E-state index in [-0.39, 0.29) is 27.7 Å². The number of allylic oxidation sites excluding steroid dienone is 2. The van der Waals surface area contributed by atoms with Gasteiger partial charge in [0.1, 0.15) is 0 Å². The van der Waals surface area contributed by atoms with Crippen molar-refractivity contribution >= 4 is 39.7 Å². The Morgan fingerprint density at radius 3 is 2.70 bits per heavy atom. The van der Waals surface area contributed by atoms with Gasteiger partial charge < -0.3 is 5.32 Å². The Morgan fingerprint density at radius 2 is 1.96 bits per heavy atom. The molecule has 2 aromatic carbocycles. The Hall–Kier alpha value is -2.22. The van der Waals surface area contributed by atoms with Crippen LogP contribution in [0.15, 0.2) is 53.7 Å². The molecule has 1 N–H and O–H groups in total. The number of Topliss-reactive ketones (excluding diaryl/α,β-unsaturated/α-hetero) is 1. The second-order valence-corrected chi connectivity index (χ2v) is 9.22. The third kappa shape index (κ3) is 3.26. The number of anilines is 1. The SMILES string of the molecule is CC1(C)CC(=O)C2=C(C1)Nc1ccc(I)cc1C2c1cccc([N+](=O)[O-])c1. The summed E-state index contributed by atoms with van der Waals surface area (Å²) in [6.45, 7) is 4.20. The van der Waals surface area contributed by atoms with E-state index >= 15 is 0 Å². The molecule has 4 rings (SSSR count). The van der Waals surface area contributed by atoms with Crippen LogP contribution >= 0.6 is 22.6 Å². The molecular formula is C21H19IN2O3. The van der Waals surface area contributed by atoms with Gasteiger partial charge >= 0.3 is 0 Å². The lowest BCUT2D eigenvalue weighted by Crippen LogP contribution is -2.33. The van der Waals surface area contributed by atoms with Crippen LogP contribution in [0.4, 0.5) is 11.4 Å². The molecule has 0 spiro atoms. The topological polar surface area (TPSA) is 72.2 Å². The van der Waals surface area contributed by atoms with Gasteiger partial charge in [0.25, 0.3) is 5.69 Å². The fourth-order valence-corrected chi connectivity index (χ4v) is 4.66. The average Bonchev–Trinajstić information content (AvgIpc) is 2.59. The number of fused-ring (bicyclic) bond motifs is 1. The molecule has 2 aromatic rings. The zero-order chi connectivity index (χ0) is 19.3. The predicted molar refractivity (Wildman–Crippen MR) is 113 cm³/mol. The molecule has 138 valence electrons. The second kappa shape index (κ2) is 6.44. The normalized spacial score (nSPS) is 20.6. The number of nitro groups is 1. The number of non-ortho nitro benzene ring substituents is 1. The first-order valence-corrected chi connectivity index (χ1v) is 9.90. The average molecular weight is 474 g/mol. The molecule has 1 atom stereocenters. The number of benzene rings is 2. The van der Waals surface area contributed by atoms with Gasteiger partial charge in [-0.2, -0.15) is 0 Å². The van der Waals surface area contributed by atoms with Gasteiger partial charge in [-0.15, -0.1) is 0 Å². The summed E-state index contributed by atoms with van der Waals surface area (Å²) in [6, 6.07) is 12.8. The van der Waals surface area contributed by atoms with Crippen LogP contribution < -0.4 is 5.32 Å². The summed E-state index contributed by atoms with van der Waals surface area (Å²) in [6.07, 6.45) is 1.27. The zero-order valence-corrected chi connectivity index (χ0v) is 17.2. The largest absolute Gasteiger partial charge is 0.358 e. The number of nitro benzene ring substituents is 1. The zero-order valence-electron chi connectivity index (χ0n) is 15.1. The van der Waals surface area contributed by atoms with Gasteiger partial charge in [0.2, 0.25) is 0 Å². The molecule has 1 aliphatic carbocycles. The number of carbonyl (C=O) groups is 1. The number of ketones is 1. The fourth-order valence-electron chi connectivity index (χ4n) is 4.15. The summed E-state index contributed by atoms with van der Waals surface area (Å²) in [4.78, 5) is 24.0. The van der Waals surface area contributed by atoms with E-state index in [1.807, 2.05) is 18.2 Å². The van der Waals surface area contributed by atoms with Crippen molar-refractivity contribution in [3.05, 3.63) is 78.5 Å². The van der Waals surface area contributed by atoms with Crippen molar-refractivity contribution in [3.63, 3.8) is 0 Å². The van der Waals surface area contributed by atoms with E-state index in [0.717, 1.165) is 38.1 Å². The third-order valence-electron chi connectivity index (χ3n) is 5.23. The lowest BCUT2D eigenvalue weighted by molar-refractivity contribution is -0.384. The molecule has 6 heteroatoms. The summed E-state index contributed by atoms with van der Waals surface area (Å²) >= 11 is 2.25. The highest BCUT2D eigenvalue weighted by Gasteiger charge is 2.40. The minimum Gasteiger partial charge on any atom is -0.358 e. The standard InChI is InChI=1S/C21H19IN2O3/c1-21(2)10-17-20(18(25)11-21)19(12-4-3-5-14(8-12)24(26)27)15-9-13(22)6-7-16(15)23-17/h3-9,19,23H,10-11H2,1-2H3. The van der Waals surface area contributed by atoms with Crippen LogP contribution in [0.1, 0.15) is 43.7 Å². The summed E-state index contributed by atoms with van der Waals surface area (Å²) < 4.78 is 1.07. The predicted octanol–water partition coefficient (Wildman–Crippen LogP) is 5.40. The first-order chi connectivity index (χ1) is 12.7. The Labute approximate surface area is 171 Å². The Bertz CT molecular complexity index is 1010. The smallest absolute Gasteiger partial charge is 0.269 e. The maximum atomic E-state index is 13.1. The van der Waals surface area contributed by atoms with E-state index in [9.17, 15) is 14.9 Å². The van der Waals surface area contributed by atoms with Crippen LogP contribution in [-0.4, -0.2) is 10.7 Å². The van der Waals surface area contributed by atoms with Crippen molar-refractivity contribution < 1.29 is 9.72 Å². The molecule has 0 fully saturated rings. The lowest BCUT2D eigenvalue weighted by atomic mass is 9.69. The molecule has 2 aliphatic rings. The molecule has 5 nitrogen and oxygen atoms in total. The van der Waals surface area contributed by atoms with E-state index in [2.05, 4.69) is 47.8 Å². The van der Waals surface area contributed by atoms with Crippen LogP contribution in [0.2, 0.25) is 0 Å². The molecule has 0 radical (unpaired) electrons. The van der Waals surface area contributed by atoms with Gasteiger partial charge in [0.15, 0.2) is 5.78 Å². The lowest BCUT2D eigenvalue weighted by Gasteiger charge is -2.39. The van der Waals surface area contributed by atoms with Crippen molar-refractivity contribution in [3.8, 4) is 0 Å². The molecular weight excluding hydrogens is 455 g/mol. The summed E-state index contributed by atoms with van der Waals surface area (Å²) in [5.41, 5.74) is 4.39. The number of rotatable bonds is 2. The maximum absolute atomic E-state index is 13.1. The van der Waals surface area contributed by atoms with Gasteiger partial charge in [-0.25, -0.2) is 0 Å². The monoisotopic (exact) mass is 474 g/mol. The summed E-state index contributed by atoms with van der Waals surface area (Å²) in [5.74, 6) is -0.163. The van der Waals surface area contributed by atoms with Gasteiger partial charge in [-0.1, -0.05) is 26.0 Å². The van der Waals surface area contributed by atoms with E-state index in [1.54, 1.807) is 12.1 Å². The van der Waals surface area contributed by atoms with E-state index in [0.29, 0.717) is 6.42 Å². The Balaban J connectivity index is 1.95. The van der Waals surface area contributed by atoms with Crippen LogP contribution in [-0.2, 0) is 4.79 Å². The van der Waals surface area contributed by atoms with E-state index in [1.165, 1.54) is 6.07 Å². The highest BCUT2D eigenvalue weighted by atomic mass is 127. The molecule has 0 bridgehead atoms. The molecule has 0 saturated heterocycles. The Morgan fingerprint density at radius 1 is 1.19 bits per heavy atom. The van der Waals surface area contributed by atoms with Gasteiger partial charge in [0, 0.05) is 45.0 Å². The van der Waals surface area contributed by atoms with Crippen LogP contribution in [0, 0.1) is 19.1 Å². The van der Waals surface area contributed by atoms with Crippen LogP contribution in [0.5, 0.6) is 0 Å². The molecule has 1 unspecified atom stereocenters. The molecule has 1 aliphatic heterocycles. The van der Waals surface area contributed by atoms with Crippen molar-refractivity contribution in [2.24, 2.45) is 5.41 Å². The minimum atomic E-state index is -0.388. The van der Waals surface area contributed by atoms with Crippen LogP contribution in [0.3, 0.4) is 0 Å². The van der Waals surface area contributed by atoms with E-state index < -0.39 is 0 Å². The molecule has 27 heavy (non-hydrogen) atoms. The Kier molecular flexibility index (Phi) is 4.33. The first kappa shape index (κ1) is 18.2. The summed E-state index contributed by atoms with van der Waals surface area (Å²) in [7, 11) is 0. The highest BCUT2D eigenvalue weighted by Crippen LogP contribution is 2.49. The van der Waals surface area contributed by atoms with Gasteiger partial charge in [0.05, 0.1) is 4.92 Å². The number of halogens is 1. The van der Waals surface area contributed by atoms with Crippen molar-refractivity contribution in [1.29, 1.82) is 0 Å². The van der Waals surface area contributed by atoms with Crippen molar-refractivity contribution in [2.45, 2.75) is 32.6 Å². The third-order valence-corrected chi connectivity index (χ3v) is 5.90. The number of nitrogens with one attached hydrogen (secondary N) is 1. The van der Waals surface area contributed by atoms with Crippen LogP contribution in [0.25, 0.3) is 0 Å². The quantitative estimate of drug-likeness (QED) is 0.360. The maximum Gasteiger partial charge on any atom is 0.269 e.